The van der Waals surface area contributed by atoms with Crippen LogP contribution in [0.1, 0.15) is 62.4 Å². The number of likely N-dealkylation sites (tertiary alicyclic amines) is 1. The highest BCUT2D eigenvalue weighted by atomic mass is 19.4. The van der Waals surface area contributed by atoms with Crippen LogP contribution >= 0.6 is 0 Å². The van der Waals surface area contributed by atoms with Crippen LogP contribution in [0.5, 0.6) is 0 Å². The average molecular weight is 581 g/mol. The molecule has 9 nitrogen and oxygen atoms in total. The predicted molar refractivity (Wildman–Crippen MR) is 146 cm³/mol. The number of ether oxygens (including phenoxy) is 1. The number of allylic oxidation sites excluding steroid dienone is 4. The van der Waals surface area contributed by atoms with Crippen molar-refractivity contribution >= 4 is 17.9 Å². The minimum absolute atomic E-state index is 0.0207. The third-order valence-corrected chi connectivity index (χ3v) is 7.04. The van der Waals surface area contributed by atoms with Gasteiger partial charge >= 0.3 is 18.4 Å². The molecule has 0 radical (unpaired) electrons. The molecular formula is C29H39F3N4O5. The molecule has 226 valence electrons. The van der Waals surface area contributed by atoms with Crippen molar-refractivity contribution in [3.05, 3.63) is 59.0 Å². The predicted octanol–water partition coefficient (Wildman–Crippen LogP) is 4.87. The topological polar surface area (TPSA) is 111 Å². The van der Waals surface area contributed by atoms with Gasteiger partial charge in [-0.25, -0.2) is 4.79 Å². The van der Waals surface area contributed by atoms with Crippen LogP contribution in [0, 0.1) is 11.8 Å². The maximum absolute atomic E-state index is 13.6. The van der Waals surface area contributed by atoms with Crippen LogP contribution < -0.4 is 10.6 Å². The Morgan fingerprint density at radius 3 is 2.34 bits per heavy atom. The van der Waals surface area contributed by atoms with Crippen LogP contribution in [-0.2, 0) is 16.1 Å². The van der Waals surface area contributed by atoms with Crippen LogP contribution in [0.4, 0.5) is 18.0 Å². The molecule has 0 saturated carbocycles. The van der Waals surface area contributed by atoms with Gasteiger partial charge in [-0.05, 0) is 55.0 Å². The van der Waals surface area contributed by atoms with Crippen molar-refractivity contribution in [3.63, 3.8) is 0 Å². The Labute approximate surface area is 238 Å². The van der Waals surface area contributed by atoms with Gasteiger partial charge in [0.25, 0.3) is 5.91 Å². The molecule has 1 fully saturated rings. The number of hydrogen-bond donors (Lipinski definition) is 3. The molecule has 3 N–H and O–H groups in total. The Kier molecular flexibility index (Phi) is 11.2. The fourth-order valence-corrected chi connectivity index (χ4v) is 5.06. The number of hydrogen-bond acceptors (Lipinski definition) is 5. The van der Waals surface area contributed by atoms with E-state index < -0.39 is 18.2 Å². The minimum Gasteiger partial charge on any atom is -0.481 e. The fourth-order valence-electron chi connectivity index (χ4n) is 5.06. The SMILES string of the molecule is CC(C)CN1CCC(N(Cc2ccc(C(=O)NCCC(=O)O)cc2)C(=O)NC2=CC=C(OC(F)(F)F)C(C)C2)CC1. The van der Waals surface area contributed by atoms with E-state index in [9.17, 15) is 27.6 Å². The second kappa shape index (κ2) is 14.4. The number of piperidine rings is 1. The van der Waals surface area contributed by atoms with E-state index in [1.54, 1.807) is 36.1 Å². The highest BCUT2D eigenvalue weighted by molar-refractivity contribution is 5.94. The Morgan fingerprint density at radius 2 is 1.78 bits per heavy atom. The molecule has 3 rings (SSSR count). The molecule has 0 aromatic heterocycles. The van der Waals surface area contributed by atoms with Gasteiger partial charge in [0, 0.05) is 55.9 Å². The fraction of sp³-hybridized carbons (Fsp3) is 0.552. The number of nitrogens with zero attached hydrogens (tertiary/aromatic N) is 2. The van der Waals surface area contributed by atoms with E-state index in [-0.39, 0.29) is 49.7 Å². The summed E-state index contributed by atoms with van der Waals surface area (Å²) in [7, 11) is 0. The van der Waals surface area contributed by atoms with Gasteiger partial charge in [-0.15, -0.1) is 13.2 Å². The molecule has 12 heteroatoms. The summed E-state index contributed by atoms with van der Waals surface area (Å²) >= 11 is 0. The van der Waals surface area contributed by atoms with Gasteiger partial charge in [-0.2, -0.15) is 0 Å². The number of alkyl halides is 3. The summed E-state index contributed by atoms with van der Waals surface area (Å²) in [6.45, 7) is 8.93. The number of urea groups is 1. The van der Waals surface area contributed by atoms with Gasteiger partial charge in [0.1, 0.15) is 5.76 Å². The summed E-state index contributed by atoms with van der Waals surface area (Å²) < 4.78 is 42.1. The van der Waals surface area contributed by atoms with E-state index in [2.05, 4.69) is 34.1 Å². The van der Waals surface area contributed by atoms with Crippen molar-refractivity contribution in [2.75, 3.05) is 26.2 Å². The largest absolute Gasteiger partial charge is 0.572 e. The van der Waals surface area contributed by atoms with Gasteiger partial charge < -0.3 is 30.3 Å². The molecule has 1 atom stereocenters. The zero-order chi connectivity index (χ0) is 30.2. The van der Waals surface area contributed by atoms with E-state index in [1.807, 2.05) is 0 Å². The van der Waals surface area contributed by atoms with Crippen molar-refractivity contribution in [3.8, 4) is 0 Å². The van der Waals surface area contributed by atoms with E-state index in [0.29, 0.717) is 17.2 Å². The standard InChI is InChI=1S/C29H39F3N4O5/c1-19(2)17-35-14-11-24(12-15-35)36(18-21-4-6-22(7-5-21)27(39)33-13-10-26(37)38)28(40)34-23-8-9-25(20(3)16-23)41-29(30,31)32/h4-9,19-20,24H,10-18H2,1-3H3,(H,33,39)(H,34,40)(H,37,38). The lowest BCUT2D eigenvalue weighted by Gasteiger charge is -2.39. The van der Waals surface area contributed by atoms with E-state index in [4.69, 9.17) is 5.11 Å². The number of halogens is 3. The molecule has 1 heterocycles. The molecule has 1 unspecified atom stereocenters. The third-order valence-electron chi connectivity index (χ3n) is 7.04. The van der Waals surface area contributed by atoms with Crippen LogP contribution in [0.2, 0.25) is 0 Å². The molecular weight excluding hydrogens is 541 g/mol. The molecule has 0 bridgehead atoms. The van der Waals surface area contributed by atoms with Crippen molar-refractivity contribution in [1.82, 2.24) is 20.4 Å². The van der Waals surface area contributed by atoms with E-state index in [0.717, 1.165) is 38.0 Å². The molecule has 2 aliphatic rings. The first-order valence-electron chi connectivity index (χ1n) is 13.9. The zero-order valence-corrected chi connectivity index (χ0v) is 23.7. The Hall–Kier alpha value is -3.54. The lowest BCUT2D eigenvalue weighted by molar-refractivity contribution is -0.308. The summed E-state index contributed by atoms with van der Waals surface area (Å²) in [6, 6.07) is 6.39. The molecule has 41 heavy (non-hydrogen) atoms. The number of carboxylic acid groups (broad SMARTS) is 1. The summed E-state index contributed by atoms with van der Waals surface area (Å²) in [5.41, 5.74) is 1.69. The number of rotatable bonds is 11. The van der Waals surface area contributed by atoms with Gasteiger partial charge in [-0.3, -0.25) is 9.59 Å². The highest BCUT2D eigenvalue weighted by Gasteiger charge is 2.35. The number of nitrogens with one attached hydrogen (secondary N) is 2. The van der Waals surface area contributed by atoms with Gasteiger partial charge in [0.05, 0.1) is 6.42 Å². The van der Waals surface area contributed by atoms with Crippen LogP contribution in [0.15, 0.2) is 47.9 Å². The normalized spacial score (nSPS) is 18.4. The van der Waals surface area contributed by atoms with E-state index >= 15 is 0 Å². The Morgan fingerprint density at radius 1 is 1.12 bits per heavy atom. The van der Waals surface area contributed by atoms with Crippen LogP contribution in [0.25, 0.3) is 0 Å². The second-order valence-electron chi connectivity index (χ2n) is 11.0. The van der Waals surface area contributed by atoms with Crippen molar-refractivity contribution < 1.29 is 37.4 Å². The number of benzene rings is 1. The number of carbonyl (C=O) groups excluding carboxylic acids is 2. The van der Waals surface area contributed by atoms with Crippen LogP contribution in [0.3, 0.4) is 0 Å². The molecule has 3 amide bonds. The summed E-state index contributed by atoms with van der Waals surface area (Å²) in [4.78, 5) is 40.7. The number of amides is 3. The third kappa shape index (κ3) is 10.4. The smallest absolute Gasteiger partial charge is 0.481 e. The second-order valence-corrected chi connectivity index (χ2v) is 11.0. The first-order valence-corrected chi connectivity index (χ1v) is 13.9. The summed E-state index contributed by atoms with van der Waals surface area (Å²) in [6.07, 6.45) is -0.505. The van der Waals surface area contributed by atoms with Crippen molar-refractivity contribution in [2.24, 2.45) is 11.8 Å². The molecule has 1 aliphatic carbocycles. The quantitative estimate of drug-likeness (QED) is 0.345. The molecule has 1 aromatic rings. The van der Waals surface area contributed by atoms with Crippen molar-refractivity contribution in [1.29, 1.82) is 0 Å². The van der Waals surface area contributed by atoms with Crippen molar-refractivity contribution in [2.45, 2.75) is 65.4 Å². The van der Waals surface area contributed by atoms with Gasteiger partial charge in [0.2, 0.25) is 0 Å². The number of aliphatic carboxylic acids is 1. The lowest BCUT2D eigenvalue weighted by Crippen LogP contribution is -2.50. The van der Waals surface area contributed by atoms with Gasteiger partial charge in [-0.1, -0.05) is 32.9 Å². The van der Waals surface area contributed by atoms with E-state index in [1.165, 1.54) is 12.2 Å². The monoisotopic (exact) mass is 580 g/mol. The maximum Gasteiger partial charge on any atom is 0.572 e. The molecule has 1 saturated heterocycles. The summed E-state index contributed by atoms with van der Waals surface area (Å²) in [5.74, 6) is -1.61. The first kappa shape index (κ1) is 32.0. The number of carbonyl (C=O) groups is 3. The highest BCUT2D eigenvalue weighted by Crippen LogP contribution is 2.31. The Balaban J connectivity index is 1.71. The minimum atomic E-state index is -4.77. The Bertz CT molecular complexity index is 1130. The summed E-state index contributed by atoms with van der Waals surface area (Å²) in [5, 5.41) is 14.2. The lowest BCUT2D eigenvalue weighted by atomic mass is 9.98. The maximum atomic E-state index is 13.6. The zero-order valence-electron chi connectivity index (χ0n) is 23.7. The van der Waals surface area contributed by atoms with Gasteiger partial charge in [0.15, 0.2) is 0 Å². The number of carboxylic acids is 1. The van der Waals surface area contributed by atoms with Crippen LogP contribution in [-0.4, -0.2) is 71.4 Å². The average Bonchev–Trinajstić information content (AvgIpc) is 2.88. The molecule has 0 spiro atoms. The molecule has 1 aliphatic heterocycles. The first-order chi connectivity index (χ1) is 19.3. The molecule has 1 aromatic carbocycles.